The van der Waals surface area contributed by atoms with Crippen molar-refractivity contribution in [3.05, 3.63) is 36.2 Å². The molecule has 3 nitrogen and oxygen atoms in total. The summed E-state index contributed by atoms with van der Waals surface area (Å²) in [6.07, 6.45) is 4.12. The van der Waals surface area contributed by atoms with E-state index in [-0.39, 0.29) is 0 Å². The Bertz CT molecular complexity index is 531. The van der Waals surface area contributed by atoms with Gasteiger partial charge in [-0.3, -0.25) is 4.48 Å². The molecule has 15 heavy (non-hydrogen) atoms. The van der Waals surface area contributed by atoms with Gasteiger partial charge in [-0.1, -0.05) is 12.1 Å². The van der Waals surface area contributed by atoms with E-state index in [4.69, 9.17) is 0 Å². The van der Waals surface area contributed by atoms with Gasteiger partial charge in [0.15, 0.2) is 0 Å². The van der Waals surface area contributed by atoms with Crippen LogP contribution in [0.15, 0.2) is 30.6 Å². The lowest BCUT2D eigenvalue weighted by Gasteiger charge is -2.16. The summed E-state index contributed by atoms with van der Waals surface area (Å²) < 4.78 is 4.25. The number of aryl methyl sites for hydroxylation is 2. The summed E-state index contributed by atoms with van der Waals surface area (Å²) in [5.41, 5.74) is 3.76. The van der Waals surface area contributed by atoms with Crippen LogP contribution in [0.4, 0.5) is 5.69 Å². The Morgan fingerprint density at radius 3 is 3.13 bits per heavy atom. The summed E-state index contributed by atoms with van der Waals surface area (Å²) in [6, 6.07) is 6.33. The summed E-state index contributed by atoms with van der Waals surface area (Å²) in [5.74, 6) is 1.22. The van der Waals surface area contributed by atoms with E-state index in [0.717, 1.165) is 0 Å². The van der Waals surface area contributed by atoms with Crippen LogP contribution in [0.2, 0.25) is 0 Å². The third kappa shape index (κ3) is 1.11. The number of anilines is 1. The first-order valence-electron chi connectivity index (χ1n) is 5.04. The Labute approximate surface area is 89.6 Å². The van der Waals surface area contributed by atoms with Gasteiger partial charge in [0.05, 0.1) is 12.6 Å². The van der Waals surface area contributed by atoms with Crippen molar-refractivity contribution in [3.63, 3.8) is 0 Å². The van der Waals surface area contributed by atoms with Crippen LogP contribution in [0.25, 0.3) is 11.4 Å². The summed E-state index contributed by atoms with van der Waals surface area (Å²) in [7, 11) is 4.05. The lowest BCUT2D eigenvalue weighted by atomic mass is 9.97. The van der Waals surface area contributed by atoms with E-state index in [1.165, 1.54) is 22.6 Å². The molecule has 0 spiro atoms. The maximum Gasteiger partial charge on any atom is 0.544 e. The average Bonchev–Trinajstić information content (AvgIpc) is 2.61. The Morgan fingerprint density at radius 1 is 1.40 bits per heavy atom. The van der Waals surface area contributed by atoms with Gasteiger partial charge in [0, 0.05) is 5.69 Å². The SMILES string of the molecule is Cc1cccc2c1-c1n(C)cc[n+]1[B]N2. The molecule has 2 aromatic rings. The predicted octanol–water partition coefficient (Wildman–Crippen LogP) is 1.10. The zero-order valence-electron chi connectivity index (χ0n) is 8.86. The summed E-state index contributed by atoms with van der Waals surface area (Å²) in [4.78, 5) is 0. The summed E-state index contributed by atoms with van der Waals surface area (Å²) >= 11 is 0. The number of nitrogens with zero attached hydrogens (tertiary/aromatic N) is 2. The first-order chi connectivity index (χ1) is 7.27. The fourth-order valence-electron chi connectivity index (χ4n) is 2.13. The third-order valence-corrected chi connectivity index (χ3v) is 2.89. The molecule has 0 saturated carbocycles. The quantitative estimate of drug-likeness (QED) is 0.627. The van der Waals surface area contributed by atoms with E-state index in [9.17, 15) is 0 Å². The fraction of sp³-hybridized carbons (Fsp3) is 0.182. The molecule has 0 unspecified atom stereocenters. The van der Waals surface area contributed by atoms with Crippen molar-refractivity contribution in [3.8, 4) is 11.4 Å². The van der Waals surface area contributed by atoms with Crippen molar-refractivity contribution in [2.45, 2.75) is 6.92 Å². The lowest BCUT2D eigenvalue weighted by Crippen LogP contribution is -2.48. The van der Waals surface area contributed by atoms with Gasteiger partial charge in [-0.05, 0) is 18.6 Å². The largest absolute Gasteiger partial charge is 0.544 e. The van der Waals surface area contributed by atoms with Crippen LogP contribution in [0.1, 0.15) is 5.56 Å². The van der Waals surface area contributed by atoms with Gasteiger partial charge in [-0.15, -0.1) is 0 Å². The second-order valence-electron chi connectivity index (χ2n) is 3.91. The molecule has 3 rings (SSSR count). The van der Waals surface area contributed by atoms with Gasteiger partial charge >= 0.3 is 7.55 Å². The average molecular weight is 197 g/mol. The molecular weight excluding hydrogens is 185 g/mol. The number of hydrogen-bond donors (Lipinski definition) is 1. The minimum Gasteiger partial charge on any atom is -0.388 e. The molecule has 2 heterocycles. The van der Waals surface area contributed by atoms with Crippen LogP contribution >= 0.6 is 0 Å². The van der Waals surface area contributed by atoms with Crippen LogP contribution in [-0.2, 0) is 7.05 Å². The molecule has 1 aliphatic heterocycles. The van der Waals surface area contributed by atoms with Crippen LogP contribution in [0, 0.1) is 6.92 Å². The highest BCUT2D eigenvalue weighted by molar-refractivity contribution is 6.32. The van der Waals surface area contributed by atoms with E-state index in [2.05, 4.69) is 58.8 Å². The van der Waals surface area contributed by atoms with Crippen molar-refractivity contribution in [2.75, 3.05) is 5.23 Å². The zero-order chi connectivity index (χ0) is 10.4. The van der Waals surface area contributed by atoms with E-state index in [1.54, 1.807) is 0 Å². The lowest BCUT2D eigenvalue weighted by molar-refractivity contribution is -0.516. The molecule has 1 aromatic heterocycles. The Morgan fingerprint density at radius 2 is 2.27 bits per heavy atom. The number of hydrogen-bond acceptors (Lipinski definition) is 1. The maximum atomic E-state index is 3.30. The molecule has 1 radical (unpaired) electrons. The second-order valence-corrected chi connectivity index (χ2v) is 3.91. The van der Waals surface area contributed by atoms with Gasteiger partial charge in [0.1, 0.15) is 12.4 Å². The molecule has 0 atom stereocenters. The van der Waals surface area contributed by atoms with E-state index < -0.39 is 0 Å². The van der Waals surface area contributed by atoms with Gasteiger partial charge < -0.3 is 5.23 Å². The molecule has 1 aromatic carbocycles. The molecule has 0 saturated heterocycles. The van der Waals surface area contributed by atoms with E-state index in [1.807, 2.05) is 7.55 Å². The minimum atomic E-state index is 1.18. The molecule has 1 aliphatic rings. The van der Waals surface area contributed by atoms with Crippen LogP contribution in [0.3, 0.4) is 0 Å². The van der Waals surface area contributed by atoms with Crippen molar-refractivity contribution in [2.24, 2.45) is 7.05 Å². The summed E-state index contributed by atoms with van der Waals surface area (Å²) in [6.45, 7) is 2.14. The Kier molecular flexibility index (Phi) is 1.66. The van der Waals surface area contributed by atoms with Crippen molar-refractivity contribution >= 4 is 13.2 Å². The van der Waals surface area contributed by atoms with Gasteiger partial charge in [0.25, 0.3) is 5.82 Å². The number of aromatic nitrogens is 2. The standard InChI is InChI=1S/C11H12BN3/c1-8-4-3-5-9-10(8)11-14(2)6-7-15(11)12-13-9/h3-7,13H,1-2H3/q+1. The van der Waals surface area contributed by atoms with Gasteiger partial charge in [-0.2, -0.15) is 0 Å². The second kappa shape index (κ2) is 2.89. The molecule has 0 fully saturated rings. The molecule has 0 aliphatic carbocycles. The fourth-order valence-corrected chi connectivity index (χ4v) is 2.13. The summed E-state index contributed by atoms with van der Waals surface area (Å²) in [5, 5.41) is 3.30. The number of benzene rings is 1. The van der Waals surface area contributed by atoms with Crippen LogP contribution in [-0.4, -0.2) is 12.1 Å². The number of rotatable bonds is 0. The smallest absolute Gasteiger partial charge is 0.388 e. The molecule has 73 valence electrons. The van der Waals surface area contributed by atoms with Crippen LogP contribution in [0.5, 0.6) is 0 Å². The highest BCUT2D eigenvalue weighted by Gasteiger charge is 2.27. The zero-order valence-corrected chi connectivity index (χ0v) is 8.86. The van der Waals surface area contributed by atoms with Gasteiger partial charge in [0.2, 0.25) is 0 Å². The minimum absolute atomic E-state index is 1.18. The number of imidazole rings is 1. The Hall–Kier alpha value is -1.71. The molecule has 1 N–H and O–H groups in total. The topological polar surface area (TPSA) is 20.8 Å². The maximum absolute atomic E-state index is 3.30. The van der Waals surface area contributed by atoms with E-state index >= 15 is 0 Å². The van der Waals surface area contributed by atoms with Crippen LogP contribution < -0.4 is 9.71 Å². The normalized spacial score (nSPS) is 12.4. The highest BCUT2D eigenvalue weighted by atomic mass is 15.1. The first kappa shape index (κ1) is 8.59. The molecule has 0 amide bonds. The number of nitrogens with one attached hydrogen (secondary N) is 1. The molecule has 0 bridgehead atoms. The Balaban J connectivity index is 2.36. The van der Waals surface area contributed by atoms with Crippen molar-refractivity contribution in [1.82, 2.24) is 4.57 Å². The molecule has 4 heteroatoms. The van der Waals surface area contributed by atoms with Crippen molar-refractivity contribution in [1.29, 1.82) is 0 Å². The van der Waals surface area contributed by atoms with E-state index in [0.29, 0.717) is 0 Å². The highest BCUT2D eigenvalue weighted by Crippen LogP contribution is 2.30. The monoisotopic (exact) mass is 197 g/mol. The first-order valence-corrected chi connectivity index (χ1v) is 5.04. The predicted molar refractivity (Wildman–Crippen MR) is 60.6 cm³/mol. The number of fused-ring (bicyclic) bond motifs is 3. The van der Waals surface area contributed by atoms with Gasteiger partial charge in [-0.25, -0.2) is 4.57 Å². The van der Waals surface area contributed by atoms with Crippen molar-refractivity contribution < 1.29 is 4.48 Å². The molecular formula is C11H12BN3+. The third-order valence-electron chi connectivity index (χ3n) is 2.89.